The van der Waals surface area contributed by atoms with Gasteiger partial charge in [0.05, 0.1) is 0 Å². The Bertz CT molecular complexity index is 596. The highest BCUT2D eigenvalue weighted by molar-refractivity contribution is 7.08. The molecule has 0 saturated carbocycles. The van der Waals surface area contributed by atoms with E-state index in [1.165, 1.54) is 12.1 Å². The van der Waals surface area contributed by atoms with Crippen LogP contribution < -0.4 is 4.74 Å². The standard InChI is InChI=1S/C10H5ClN2O4S/c11-5-1-3-6(4-2-5)17-10(16)7-8(9(14)15)18-13-12-7/h1-4H,(H,14,15). The van der Waals surface area contributed by atoms with Gasteiger partial charge in [0.1, 0.15) is 5.75 Å². The first kappa shape index (κ1) is 12.5. The van der Waals surface area contributed by atoms with E-state index in [2.05, 4.69) is 9.59 Å². The van der Waals surface area contributed by atoms with Crippen molar-refractivity contribution in [3.63, 3.8) is 0 Å². The van der Waals surface area contributed by atoms with Crippen LogP contribution in [-0.2, 0) is 0 Å². The Hall–Kier alpha value is -1.99. The van der Waals surface area contributed by atoms with Gasteiger partial charge in [0.15, 0.2) is 10.6 Å². The summed E-state index contributed by atoms with van der Waals surface area (Å²) >= 11 is 6.29. The molecule has 8 heteroatoms. The normalized spacial score (nSPS) is 10.1. The molecular formula is C10H5ClN2O4S. The summed E-state index contributed by atoms with van der Waals surface area (Å²) in [7, 11) is 0. The molecule has 0 aliphatic heterocycles. The van der Waals surface area contributed by atoms with Gasteiger partial charge in [-0.2, -0.15) is 0 Å². The van der Waals surface area contributed by atoms with Gasteiger partial charge in [0.25, 0.3) is 0 Å². The van der Waals surface area contributed by atoms with Gasteiger partial charge in [-0.25, -0.2) is 9.59 Å². The molecule has 0 saturated heterocycles. The smallest absolute Gasteiger partial charge is 0.366 e. The highest BCUT2D eigenvalue weighted by Crippen LogP contribution is 2.18. The van der Waals surface area contributed by atoms with E-state index in [0.29, 0.717) is 16.6 Å². The first-order valence-electron chi connectivity index (χ1n) is 4.61. The summed E-state index contributed by atoms with van der Waals surface area (Å²) in [6.45, 7) is 0. The molecule has 92 valence electrons. The minimum atomic E-state index is -1.27. The highest BCUT2D eigenvalue weighted by atomic mass is 35.5. The molecule has 6 nitrogen and oxygen atoms in total. The molecule has 0 atom stereocenters. The number of benzene rings is 1. The third-order valence-electron chi connectivity index (χ3n) is 1.90. The second kappa shape index (κ2) is 5.11. The van der Waals surface area contributed by atoms with Crippen molar-refractivity contribution in [2.75, 3.05) is 0 Å². The minimum absolute atomic E-state index is 0.244. The van der Waals surface area contributed by atoms with Crippen LogP contribution in [0.2, 0.25) is 5.02 Å². The second-order valence-electron chi connectivity index (χ2n) is 3.10. The van der Waals surface area contributed by atoms with E-state index in [9.17, 15) is 9.59 Å². The third kappa shape index (κ3) is 2.63. The fourth-order valence-electron chi connectivity index (χ4n) is 1.12. The van der Waals surface area contributed by atoms with Gasteiger partial charge in [0, 0.05) is 5.02 Å². The molecule has 1 aromatic carbocycles. The van der Waals surface area contributed by atoms with Crippen LogP contribution in [0.3, 0.4) is 0 Å². The number of halogens is 1. The number of carbonyl (C=O) groups excluding carboxylic acids is 1. The van der Waals surface area contributed by atoms with Gasteiger partial charge in [0.2, 0.25) is 0 Å². The Morgan fingerprint density at radius 1 is 1.28 bits per heavy atom. The summed E-state index contributed by atoms with van der Waals surface area (Å²) in [5.74, 6) is -1.90. The van der Waals surface area contributed by atoms with E-state index in [-0.39, 0.29) is 16.3 Å². The maximum Gasteiger partial charge on any atom is 0.366 e. The van der Waals surface area contributed by atoms with Crippen molar-refractivity contribution < 1.29 is 19.4 Å². The molecule has 0 aliphatic carbocycles. The number of ether oxygens (including phenoxy) is 1. The van der Waals surface area contributed by atoms with Crippen molar-refractivity contribution in [3.8, 4) is 5.75 Å². The largest absolute Gasteiger partial charge is 0.477 e. The number of carboxylic acid groups (broad SMARTS) is 1. The summed E-state index contributed by atoms with van der Waals surface area (Å²) in [4.78, 5) is 22.2. The lowest BCUT2D eigenvalue weighted by molar-refractivity contribution is 0.0669. The maximum atomic E-state index is 11.7. The predicted octanol–water partition coefficient (Wildman–Crippen LogP) is 2.11. The molecule has 0 aliphatic rings. The molecule has 0 spiro atoms. The van der Waals surface area contributed by atoms with Crippen LogP contribution in [0.15, 0.2) is 24.3 Å². The first-order valence-corrected chi connectivity index (χ1v) is 5.76. The first-order chi connectivity index (χ1) is 8.58. The molecular weight excluding hydrogens is 280 g/mol. The van der Waals surface area contributed by atoms with E-state index in [4.69, 9.17) is 21.4 Å². The monoisotopic (exact) mass is 284 g/mol. The van der Waals surface area contributed by atoms with Crippen LogP contribution in [0.4, 0.5) is 0 Å². The Morgan fingerprint density at radius 3 is 2.56 bits per heavy atom. The number of esters is 1. The van der Waals surface area contributed by atoms with Crippen molar-refractivity contribution in [2.24, 2.45) is 0 Å². The molecule has 0 radical (unpaired) electrons. The number of hydrogen-bond acceptors (Lipinski definition) is 6. The van der Waals surface area contributed by atoms with Gasteiger partial charge in [-0.1, -0.05) is 16.1 Å². The molecule has 2 rings (SSSR count). The molecule has 1 heterocycles. The average molecular weight is 285 g/mol. The summed E-state index contributed by atoms with van der Waals surface area (Å²) in [6, 6.07) is 6.06. The van der Waals surface area contributed by atoms with Gasteiger partial charge >= 0.3 is 11.9 Å². The Balaban J connectivity index is 2.19. The topological polar surface area (TPSA) is 89.4 Å². The van der Waals surface area contributed by atoms with Crippen LogP contribution in [0.1, 0.15) is 20.2 Å². The van der Waals surface area contributed by atoms with Crippen molar-refractivity contribution in [1.29, 1.82) is 0 Å². The fourth-order valence-corrected chi connectivity index (χ4v) is 1.74. The van der Waals surface area contributed by atoms with E-state index < -0.39 is 11.9 Å². The summed E-state index contributed by atoms with van der Waals surface area (Å²) in [5, 5.41) is 12.7. The third-order valence-corrected chi connectivity index (χ3v) is 2.87. The number of aromatic carboxylic acids is 1. The van der Waals surface area contributed by atoms with E-state index in [1.54, 1.807) is 12.1 Å². The van der Waals surface area contributed by atoms with Crippen LogP contribution in [0, 0.1) is 0 Å². The molecule has 0 unspecified atom stereocenters. The SMILES string of the molecule is O=C(Oc1ccc(Cl)cc1)c1nnsc1C(=O)O. The van der Waals surface area contributed by atoms with Crippen molar-refractivity contribution in [3.05, 3.63) is 39.9 Å². The van der Waals surface area contributed by atoms with Gasteiger partial charge < -0.3 is 9.84 Å². The highest BCUT2D eigenvalue weighted by Gasteiger charge is 2.23. The summed E-state index contributed by atoms with van der Waals surface area (Å²) in [5.41, 5.74) is -0.317. The van der Waals surface area contributed by atoms with Crippen LogP contribution >= 0.6 is 23.1 Å². The van der Waals surface area contributed by atoms with Gasteiger partial charge in [-0.3, -0.25) is 0 Å². The lowest BCUT2D eigenvalue weighted by Gasteiger charge is -2.02. The number of carbonyl (C=O) groups is 2. The lowest BCUT2D eigenvalue weighted by Crippen LogP contribution is -2.13. The Labute approximate surface area is 110 Å². The van der Waals surface area contributed by atoms with Crippen LogP contribution in [0.5, 0.6) is 5.75 Å². The number of nitrogens with zero attached hydrogens (tertiary/aromatic N) is 2. The molecule has 0 amide bonds. The number of aromatic nitrogens is 2. The van der Waals surface area contributed by atoms with Gasteiger partial charge in [-0.05, 0) is 35.8 Å². The van der Waals surface area contributed by atoms with Crippen molar-refractivity contribution in [2.45, 2.75) is 0 Å². The number of hydrogen-bond donors (Lipinski definition) is 1. The average Bonchev–Trinajstić information content (AvgIpc) is 2.81. The van der Waals surface area contributed by atoms with E-state index in [0.717, 1.165) is 0 Å². The molecule has 2 aromatic rings. The zero-order valence-electron chi connectivity index (χ0n) is 8.66. The molecule has 18 heavy (non-hydrogen) atoms. The summed E-state index contributed by atoms with van der Waals surface area (Å²) in [6.07, 6.45) is 0. The number of rotatable bonds is 3. The summed E-state index contributed by atoms with van der Waals surface area (Å²) < 4.78 is 8.36. The zero-order chi connectivity index (χ0) is 13.1. The molecule has 1 N–H and O–H groups in total. The second-order valence-corrected chi connectivity index (χ2v) is 4.29. The zero-order valence-corrected chi connectivity index (χ0v) is 10.2. The molecule has 1 aromatic heterocycles. The lowest BCUT2D eigenvalue weighted by atomic mass is 10.3. The molecule has 0 bridgehead atoms. The van der Waals surface area contributed by atoms with Crippen molar-refractivity contribution >= 4 is 35.1 Å². The Morgan fingerprint density at radius 2 is 1.94 bits per heavy atom. The Kier molecular flexibility index (Phi) is 3.54. The fraction of sp³-hybridized carbons (Fsp3) is 0. The number of carboxylic acids is 1. The maximum absolute atomic E-state index is 11.7. The minimum Gasteiger partial charge on any atom is -0.477 e. The molecule has 0 fully saturated rings. The van der Waals surface area contributed by atoms with Crippen molar-refractivity contribution in [1.82, 2.24) is 9.59 Å². The quantitative estimate of drug-likeness (QED) is 0.686. The van der Waals surface area contributed by atoms with E-state index >= 15 is 0 Å². The predicted molar refractivity (Wildman–Crippen MR) is 63.3 cm³/mol. The van der Waals surface area contributed by atoms with Crippen LogP contribution in [-0.4, -0.2) is 26.6 Å². The van der Waals surface area contributed by atoms with E-state index in [1.807, 2.05) is 0 Å². The van der Waals surface area contributed by atoms with Gasteiger partial charge in [-0.15, -0.1) is 5.10 Å². The van der Waals surface area contributed by atoms with Crippen LogP contribution in [0.25, 0.3) is 0 Å².